The van der Waals surface area contributed by atoms with Crippen molar-refractivity contribution in [2.24, 2.45) is 0 Å². The lowest BCUT2D eigenvalue weighted by Crippen LogP contribution is -2.35. The van der Waals surface area contributed by atoms with Gasteiger partial charge in [0.05, 0.1) is 11.4 Å². The number of nitrogens with one attached hydrogen (secondary N) is 3. The maximum atomic E-state index is 12.2. The molecule has 0 saturated heterocycles. The Labute approximate surface area is 131 Å². The summed E-state index contributed by atoms with van der Waals surface area (Å²) in [7, 11) is 0. The summed E-state index contributed by atoms with van der Waals surface area (Å²) in [6.45, 7) is 4.70. The van der Waals surface area contributed by atoms with Gasteiger partial charge in [0.2, 0.25) is 11.8 Å². The van der Waals surface area contributed by atoms with E-state index >= 15 is 0 Å². The molecule has 5 heteroatoms. The zero-order valence-electron chi connectivity index (χ0n) is 13.1. The van der Waals surface area contributed by atoms with E-state index in [0.29, 0.717) is 24.3 Å². The van der Waals surface area contributed by atoms with Gasteiger partial charge in [-0.1, -0.05) is 31.6 Å². The van der Waals surface area contributed by atoms with Crippen molar-refractivity contribution in [2.75, 3.05) is 17.2 Å². The second-order valence-corrected chi connectivity index (χ2v) is 5.50. The first kappa shape index (κ1) is 16.2. The Hall–Kier alpha value is -2.14. The van der Waals surface area contributed by atoms with Gasteiger partial charge in [-0.3, -0.25) is 14.9 Å². The predicted molar refractivity (Wildman–Crippen MR) is 88.9 cm³/mol. The molecule has 0 aliphatic carbocycles. The van der Waals surface area contributed by atoms with Crippen LogP contribution in [0.3, 0.4) is 0 Å². The van der Waals surface area contributed by atoms with Crippen LogP contribution >= 0.6 is 0 Å². The van der Waals surface area contributed by atoms with Crippen LogP contribution in [0.15, 0.2) is 30.4 Å². The average molecular weight is 301 g/mol. The zero-order valence-corrected chi connectivity index (χ0v) is 13.1. The van der Waals surface area contributed by atoms with Crippen molar-refractivity contribution >= 4 is 23.2 Å². The van der Waals surface area contributed by atoms with E-state index in [1.54, 1.807) is 0 Å². The quantitative estimate of drug-likeness (QED) is 0.707. The SMILES string of the molecule is CCCCC(=O)Nc1ccc(C)cc1NC(=O)[C@@H]1C=CCN1. The van der Waals surface area contributed by atoms with Crippen molar-refractivity contribution < 1.29 is 9.59 Å². The normalized spacial score (nSPS) is 16.5. The molecule has 0 spiro atoms. The third kappa shape index (κ3) is 4.43. The van der Waals surface area contributed by atoms with E-state index in [-0.39, 0.29) is 17.9 Å². The highest BCUT2D eigenvalue weighted by molar-refractivity contribution is 6.02. The highest BCUT2D eigenvalue weighted by Crippen LogP contribution is 2.24. The van der Waals surface area contributed by atoms with E-state index in [2.05, 4.69) is 16.0 Å². The summed E-state index contributed by atoms with van der Waals surface area (Å²) < 4.78 is 0. The van der Waals surface area contributed by atoms with E-state index in [1.807, 2.05) is 44.2 Å². The van der Waals surface area contributed by atoms with Gasteiger partial charge < -0.3 is 10.6 Å². The van der Waals surface area contributed by atoms with Crippen LogP contribution in [0.1, 0.15) is 31.7 Å². The fraction of sp³-hybridized carbons (Fsp3) is 0.412. The molecule has 3 N–H and O–H groups in total. The van der Waals surface area contributed by atoms with E-state index in [9.17, 15) is 9.59 Å². The van der Waals surface area contributed by atoms with E-state index in [1.165, 1.54) is 0 Å². The van der Waals surface area contributed by atoms with Gasteiger partial charge in [0.25, 0.3) is 0 Å². The first-order chi connectivity index (χ1) is 10.6. The lowest BCUT2D eigenvalue weighted by atomic mass is 10.1. The molecule has 0 radical (unpaired) electrons. The average Bonchev–Trinajstić information content (AvgIpc) is 3.02. The number of hydrogen-bond acceptors (Lipinski definition) is 3. The standard InChI is InChI=1S/C17H23N3O2/c1-3-4-7-16(21)19-13-9-8-12(2)11-15(13)20-17(22)14-6-5-10-18-14/h5-6,8-9,11,14,18H,3-4,7,10H2,1-2H3,(H,19,21)(H,20,22)/t14-/m0/s1. The highest BCUT2D eigenvalue weighted by Gasteiger charge is 2.19. The number of benzene rings is 1. The third-order valence-corrected chi connectivity index (χ3v) is 3.53. The molecule has 22 heavy (non-hydrogen) atoms. The monoisotopic (exact) mass is 301 g/mol. The maximum Gasteiger partial charge on any atom is 0.245 e. The number of anilines is 2. The largest absolute Gasteiger partial charge is 0.324 e. The molecule has 0 bridgehead atoms. The summed E-state index contributed by atoms with van der Waals surface area (Å²) in [4.78, 5) is 24.1. The van der Waals surface area contributed by atoms with Gasteiger partial charge in [-0.25, -0.2) is 0 Å². The number of unbranched alkanes of at least 4 members (excludes halogenated alkanes) is 1. The van der Waals surface area contributed by atoms with Crippen LogP contribution in [-0.4, -0.2) is 24.4 Å². The molecule has 5 nitrogen and oxygen atoms in total. The Balaban J connectivity index is 2.08. The van der Waals surface area contributed by atoms with Gasteiger partial charge in [0, 0.05) is 13.0 Å². The molecule has 2 rings (SSSR count). The summed E-state index contributed by atoms with van der Waals surface area (Å²) in [5.41, 5.74) is 2.30. The van der Waals surface area contributed by atoms with Crippen LogP contribution in [0.5, 0.6) is 0 Å². The fourth-order valence-electron chi connectivity index (χ4n) is 2.28. The lowest BCUT2D eigenvalue weighted by Gasteiger charge is -2.15. The topological polar surface area (TPSA) is 70.2 Å². The van der Waals surface area contributed by atoms with Gasteiger partial charge in [0.15, 0.2) is 0 Å². The number of carbonyl (C=O) groups excluding carboxylic acids is 2. The Bertz CT molecular complexity index is 581. The molecule has 0 aromatic heterocycles. The molecule has 1 aromatic rings. The summed E-state index contributed by atoms with van der Waals surface area (Å²) in [6, 6.07) is 5.29. The Morgan fingerprint density at radius 2 is 2.09 bits per heavy atom. The predicted octanol–water partition coefficient (Wildman–Crippen LogP) is 2.59. The molecule has 1 atom stereocenters. The van der Waals surface area contributed by atoms with Crippen LogP contribution in [0.4, 0.5) is 11.4 Å². The number of rotatable bonds is 6. The first-order valence-corrected chi connectivity index (χ1v) is 7.71. The molecule has 1 aliphatic heterocycles. The molecule has 1 heterocycles. The van der Waals surface area contributed by atoms with Gasteiger partial charge in [0.1, 0.15) is 6.04 Å². The molecule has 118 valence electrons. The second-order valence-electron chi connectivity index (χ2n) is 5.50. The Morgan fingerprint density at radius 3 is 2.77 bits per heavy atom. The molecule has 0 saturated carbocycles. The minimum atomic E-state index is -0.316. The Kier molecular flexibility index (Phi) is 5.72. The van der Waals surface area contributed by atoms with Crippen molar-refractivity contribution in [2.45, 2.75) is 39.2 Å². The van der Waals surface area contributed by atoms with Crippen molar-refractivity contribution in [1.82, 2.24) is 5.32 Å². The molecule has 1 aromatic carbocycles. The first-order valence-electron chi connectivity index (χ1n) is 7.71. The lowest BCUT2D eigenvalue weighted by molar-refractivity contribution is -0.117. The van der Waals surface area contributed by atoms with Gasteiger partial charge in [-0.05, 0) is 31.0 Å². The molecule has 2 amide bonds. The van der Waals surface area contributed by atoms with Crippen molar-refractivity contribution in [1.29, 1.82) is 0 Å². The highest BCUT2D eigenvalue weighted by atomic mass is 16.2. The van der Waals surface area contributed by atoms with Crippen LogP contribution in [0, 0.1) is 6.92 Å². The van der Waals surface area contributed by atoms with Crippen LogP contribution in [0.2, 0.25) is 0 Å². The van der Waals surface area contributed by atoms with Crippen LogP contribution in [0.25, 0.3) is 0 Å². The van der Waals surface area contributed by atoms with Crippen molar-refractivity contribution in [3.8, 4) is 0 Å². The number of amides is 2. The number of hydrogen-bond donors (Lipinski definition) is 3. The summed E-state index contributed by atoms with van der Waals surface area (Å²) in [5.74, 6) is -0.150. The van der Waals surface area contributed by atoms with E-state index < -0.39 is 0 Å². The molecular formula is C17H23N3O2. The molecule has 0 unspecified atom stereocenters. The van der Waals surface area contributed by atoms with E-state index in [4.69, 9.17) is 0 Å². The third-order valence-electron chi connectivity index (χ3n) is 3.53. The van der Waals surface area contributed by atoms with Crippen molar-refractivity contribution in [3.05, 3.63) is 35.9 Å². The fourth-order valence-corrected chi connectivity index (χ4v) is 2.28. The Morgan fingerprint density at radius 1 is 1.27 bits per heavy atom. The molecule has 0 fully saturated rings. The zero-order chi connectivity index (χ0) is 15.9. The number of carbonyl (C=O) groups is 2. The minimum Gasteiger partial charge on any atom is -0.324 e. The molecular weight excluding hydrogens is 278 g/mol. The van der Waals surface area contributed by atoms with Crippen molar-refractivity contribution in [3.63, 3.8) is 0 Å². The summed E-state index contributed by atoms with van der Waals surface area (Å²) in [5, 5.41) is 8.83. The number of aryl methyl sites for hydroxylation is 1. The van der Waals surface area contributed by atoms with Gasteiger partial charge in [-0.15, -0.1) is 0 Å². The smallest absolute Gasteiger partial charge is 0.245 e. The van der Waals surface area contributed by atoms with Gasteiger partial charge in [-0.2, -0.15) is 0 Å². The molecule has 1 aliphatic rings. The van der Waals surface area contributed by atoms with Crippen LogP contribution in [-0.2, 0) is 9.59 Å². The second kappa shape index (κ2) is 7.75. The minimum absolute atomic E-state index is 0.0277. The summed E-state index contributed by atoms with van der Waals surface area (Å²) >= 11 is 0. The van der Waals surface area contributed by atoms with Gasteiger partial charge >= 0.3 is 0 Å². The summed E-state index contributed by atoms with van der Waals surface area (Å²) in [6.07, 6.45) is 6.09. The van der Waals surface area contributed by atoms with E-state index in [0.717, 1.165) is 18.4 Å². The maximum absolute atomic E-state index is 12.2. The van der Waals surface area contributed by atoms with Crippen LogP contribution < -0.4 is 16.0 Å².